The molecule has 0 aliphatic carbocycles. The van der Waals surface area contributed by atoms with E-state index in [-0.39, 0.29) is 12.0 Å². The molecule has 1 aromatic heterocycles. The molecule has 0 aliphatic heterocycles. The van der Waals surface area contributed by atoms with Gasteiger partial charge in [-0.2, -0.15) is 0 Å². The molecule has 5 nitrogen and oxygen atoms in total. The van der Waals surface area contributed by atoms with E-state index in [9.17, 15) is 4.79 Å². The number of nitrogens with one attached hydrogen (secondary N) is 1. The number of hydrogen-bond donors (Lipinski definition) is 1. The van der Waals surface area contributed by atoms with E-state index in [1.54, 1.807) is 12.3 Å². The van der Waals surface area contributed by atoms with Crippen LogP contribution in [0.2, 0.25) is 0 Å². The summed E-state index contributed by atoms with van der Waals surface area (Å²) in [5, 5.41) is 2.87. The van der Waals surface area contributed by atoms with Gasteiger partial charge in [0.2, 0.25) is 0 Å². The van der Waals surface area contributed by atoms with Gasteiger partial charge in [-0.1, -0.05) is 13.3 Å². The molecule has 0 unspecified atom stereocenters. The van der Waals surface area contributed by atoms with Gasteiger partial charge in [0, 0.05) is 25.5 Å². The molecule has 1 heterocycles. The smallest absolute Gasteiger partial charge is 0.257 e. The number of amides is 1. The molecule has 1 amide bonds. The van der Waals surface area contributed by atoms with Crippen molar-refractivity contribution in [3.8, 4) is 5.75 Å². The predicted molar refractivity (Wildman–Crippen MR) is 103 cm³/mol. The number of carbonyl (C=O) groups excluding carboxylic acids is 1. The number of aromatic nitrogens is 1. The highest BCUT2D eigenvalue weighted by Gasteiger charge is 2.09. The molecule has 0 radical (unpaired) electrons. The molecule has 25 heavy (non-hydrogen) atoms. The zero-order chi connectivity index (χ0) is 18.2. The average molecular weight is 341 g/mol. The zero-order valence-electron chi connectivity index (χ0n) is 15.5. The summed E-state index contributed by atoms with van der Waals surface area (Å²) in [6, 6.07) is 11.0. The first kappa shape index (κ1) is 18.8. The molecule has 0 spiro atoms. The Balaban J connectivity index is 1.96. The van der Waals surface area contributed by atoms with E-state index in [2.05, 4.69) is 22.1 Å². The predicted octanol–water partition coefficient (Wildman–Crippen LogP) is 4.36. The quantitative estimate of drug-likeness (QED) is 0.775. The van der Waals surface area contributed by atoms with E-state index in [0.717, 1.165) is 36.6 Å². The number of unbranched alkanes of at least 4 members (excludes halogenated alkanes) is 1. The van der Waals surface area contributed by atoms with E-state index >= 15 is 0 Å². The summed E-state index contributed by atoms with van der Waals surface area (Å²) in [7, 11) is 2.01. The van der Waals surface area contributed by atoms with Gasteiger partial charge in [0.05, 0.1) is 11.7 Å². The molecule has 1 aromatic carbocycles. The second-order valence-corrected chi connectivity index (χ2v) is 6.33. The van der Waals surface area contributed by atoms with Crippen LogP contribution in [-0.2, 0) is 0 Å². The average Bonchev–Trinajstić information content (AvgIpc) is 2.61. The Hall–Kier alpha value is -2.56. The molecule has 0 saturated heterocycles. The normalized spacial score (nSPS) is 10.6. The first-order valence-electron chi connectivity index (χ1n) is 8.75. The Kier molecular flexibility index (Phi) is 6.81. The molecular weight excluding hydrogens is 314 g/mol. The van der Waals surface area contributed by atoms with Crippen molar-refractivity contribution in [1.82, 2.24) is 4.98 Å². The van der Waals surface area contributed by atoms with Crippen molar-refractivity contribution in [1.29, 1.82) is 0 Å². The third-order valence-corrected chi connectivity index (χ3v) is 3.73. The van der Waals surface area contributed by atoms with Crippen LogP contribution < -0.4 is 15.0 Å². The van der Waals surface area contributed by atoms with Crippen molar-refractivity contribution in [2.24, 2.45) is 0 Å². The van der Waals surface area contributed by atoms with Crippen LogP contribution in [0.25, 0.3) is 0 Å². The molecule has 5 heteroatoms. The van der Waals surface area contributed by atoms with Gasteiger partial charge < -0.3 is 15.0 Å². The second kappa shape index (κ2) is 9.06. The van der Waals surface area contributed by atoms with Crippen molar-refractivity contribution in [2.45, 2.75) is 39.7 Å². The number of rotatable bonds is 8. The molecule has 0 atom stereocenters. The number of ether oxygens (including phenoxy) is 1. The lowest BCUT2D eigenvalue weighted by Crippen LogP contribution is -2.20. The van der Waals surface area contributed by atoms with Crippen LogP contribution in [0.5, 0.6) is 5.75 Å². The van der Waals surface area contributed by atoms with Crippen LogP contribution >= 0.6 is 0 Å². The summed E-state index contributed by atoms with van der Waals surface area (Å²) in [6.45, 7) is 7.08. The maximum Gasteiger partial charge on any atom is 0.257 e. The van der Waals surface area contributed by atoms with Gasteiger partial charge in [0.1, 0.15) is 11.6 Å². The lowest BCUT2D eigenvalue weighted by atomic mass is 10.2. The minimum absolute atomic E-state index is 0.125. The topological polar surface area (TPSA) is 54.5 Å². The van der Waals surface area contributed by atoms with Crippen molar-refractivity contribution in [2.75, 3.05) is 23.8 Å². The van der Waals surface area contributed by atoms with E-state index in [0.29, 0.717) is 5.56 Å². The Morgan fingerprint density at radius 3 is 2.48 bits per heavy atom. The van der Waals surface area contributed by atoms with Crippen molar-refractivity contribution >= 4 is 17.4 Å². The Bertz CT molecular complexity index is 666. The summed E-state index contributed by atoms with van der Waals surface area (Å²) >= 11 is 0. The van der Waals surface area contributed by atoms with Crippen LogP contribution in [0.4, 0.5) is 11.5 Å². The molecule has 2 rings (SSSR count). The van der Waals surface area contributed by atoms with Crippen molar-refractivity contribution in [3.63, 3.8) is 0 Å². The Morgan fingerprint density at radius 1 is 1.20 bits per heavy atom. The van der Waals surface area contributed by atoms with Crippen LogP contribution in [0.1, 0.15) is 44.0 Å². The molecule has 1 N–H and O–H groups in total. The van der Waals surface area contributed by atoms with Crippen LogP contribution in [-0.4, -0.2) is 30.6 Å². The summed E-state index contributed by atoms with van der Waals surface area (Å²) in [5.74, 6) is 1.49. The fourth-order valence-corrected chi connectivity index (χ4v) is 2.35. The number of benzene rings is 1. The summed E-state index contributed by atoms with van der Waals surface area (Å²) in [6.07, 6.45) is 4.01. The minimum atomic E-state index is -0.173. The highest BCUT2D eigenvalue weighted by molar-refractivity contribution is 6.04. The fourth-order valence-electron chi connectivity index (χ4n) is 2.35. The highest BCUT2D eigenvalue weighted by Crippen LogP contribution is 2.18. The van der Waals surface area contributed by atoms with Crippen LogP contribution in [0.15, 0.2) is 42.6 Å². The highest BCUT2D eigenvalue weighted by atomic mass is 16.5. The first-order chi connectivity index (χ1) is 12.0. The van der Waals surface area contributed by atoms with Crippen molar-refractivity contribution in [3.05, 3.63) is 48.2 Å². The molecule has 0 aliphatic rings. The third-order valence-electron chi connectivity index (χ3n) is 3.73. The lowest BCUT2D eigenvalue weighted by Gasteiger charge is -2.17. The van der Waals surface area contributed by atoms with E-state index < -0.39 is 0 Å². The van der Waals surface area contributed by atoms with E-state index in [1.165, 1.54) is 0 Å². The maximum atomic E-state index is 12.3. The summed E-state index contributed by atoms with van der Waals surface area (Å²) in [5.41, 5.74) is 1.26. The number of carbonyl (C=O) groups is 1. The molecule has 0 fully saturated rings. The third kappa shape index (κ3) is 5.78. The first-order valence-corrected chi connectivity index (χ1v) is 8.75. The van der Waals surface area contributed by atoms with Gasteiger partial charge >= 0.3 is 0 Å². The van der Waals surface area contributed by atoms with Gasteiger partial charge in [0.25, 0.3) is 5.91 Å². The van der Waals surface area contributed by atoms with E-state index in [4.69, 9.17) is 4.74 Å². The van der Waals surface area contributed by atoms with E-state index in [1.807, 2.05) is 51.2 Å². The lowest BCUT2D eigenvalue weighted by molar-refractivity contribution is 0.102. The second-order valence-electron chi connectivity index (χ2n) is 6.33. The molecule has 2 aromatic rings. The Labute approximate surface area is 150 Å². The molecule has 134 valence electrons. The zero-order valence-corrected chi connectivity index (χ0v) is 15.5. The van der Waals surface area contributed by atoms with Crippen LogP contribution in [0, 0.1) is 0 Å². The fraction of sp³-hybridized carbons (Fsp3) is 0.400. The monoisotopic (exact) mass is 341 g/mol. The number of nitrogens with zero attached hydrogens (tertiary/aromatic N) is 2. The standard InChI is InChI=1S/C20H27N3O2/c1-5-6-13-23(4)19-12-7-16(14-21-19)20(24)22-17-8-10-18(11-9-17)25-15(2)3/h7-12,14-15H,5-6,13H2,1-4H3,(H,22,24). The number of anilines is 2. The van der Waals surface area contributed by atoms with Gasteiger partial charge in [-0.3, -0.25) is 4.79 Å². The molecule has 0 bridgehead atoms. The van der Waals surface area contributed by atoms with Gasteiger partial charge in [0.15, 0.2) is 0 Å². The SMILES string of the molecule is CCCCN(C)c1ccc(C(=O)Nc2ccc(OC(C)C)cc2)cn1. The summed E-state index contributed by atoms with van der Waals surface area (Å²) < 4.78 is 5.59. The van der Waals surface area contributed by atoms with Crippen LogP contribution in [0.3, 0.4) is 0 Å². The molecule has 0 saturated carbocycles. The minimum Gasteiger partial charge on any atom is -0.491 e. The number of hydrogen-bond acceptors (Lipinski definition) is 4. The Morgan fingerprint density at radius 2 is 1.92 bits per heavy atom. The van der Waals surface area contributed by atoms with Gasteiger partial charge in [-0.05, 0) is 56.7 Å². The largest absolute Gasteiger partial charge is 0.491 e. The number of pyridine rings is 1. The van der Waals surface area contributed by atoms with Gasteiger partial charge in [-0.15, -0.1) is 0 Å². The summed E-state index contributed by atoms with van der Waals surface area (Å²) in [4.78, 5) is 18.8. The van der Waals surface area contributed by atoms with Gasteiger partial charge in [-0.25, -0.2) is 4.98 Å². The van der Waals surface area contributed by atoms with Crippen molar-refractivity contribution < 1.29 is 9.53 Å². The molecular formula is C20H27N3O2. The maximum absolute atomic E-state index is 12.3.